The number of hydrogen-bond acceptors (Lipinski definition) is 5. The molecule has 0 aromatic carbocycles. The first-order valence-electron chi connectivity index (χ1n) is 24.1. The maximum absolute atomic E-state index is 12.3. The molecule has 1 unspecified atom stereocenters. The second-order valence-electron chi connectivity index (χ2n) is 15.8. The van der Waals surface area contributed by atoms with Crippen LogP contribution in [0.1, 0.15) is 219 Å². The minimum atomic E-state index is -0.782. The van der Waals surface area contributed by atoms with Crippen molar-refractivity contribution in [1.29, 1.82) is 0 Å². The van der Waals surface area contributed by atoms with Crippen LogP contribution in [0.2, 0.25) is 0 Å². The van der Waals surface area contributed by atoms with E-state index in [0.29, 0.717) is 12.8 Å². The average molecular weight is 807 g/mol. The fraction of sp³-hybridized carbons (Fsp3) is 0.698. The van der Waals surface area contributed by atoms with Crippen molar-refractivity contribution in [3.63, 3.8) is 0 Å². The summed E-state index contributed by atoms with van der Waals surface area (Å²) < 4.78 is 10.7. The second-order valence-corrected chi connectivity index (χ2v) is 15.8. The van der Waals surface area contributed by atoms with Crippen LogP contribution < -0.4 is 0 Å². The SMILES string of the molecule is CC/C=C\C/C=C\C/C=C\C/C=C\C/C=C\CCCCCCCCCCCC(=O)OC(CO)COC(=O)CCCCCCCCCCC/C=C\C/C=C\CCCCC. The fourth-order valence-corrected chi connectivity index (χ4v) is 6.55. The van der Waals surface area contributed by atoms with E-state index in [1.165, 1.54) is 116 Å². The van der Waals surface area contributed by atoms with Crippen molar-refractivity contribution in [2.24, 2.45) is 0 Å². The van der Waals surface area contributed by atoms with Gasteiger partial charge in [0.25, 0.3) is 0 Å². The standard InChI is InChI=1S/C53H90O5/c1-3-5-7-9-11-13-15-17-19-21-23-24-25-26-27-28-30-32-34-36-38-40-42-44-46-48-53(56)58-51(49-54)50-57-52(55)47-45-43-41-39-37-35-33-31-29-22-20-18-16-14-12-10-8-6-4-2/h5,7,11-14,17-20,23-24,26-27,51,54H,3-4,6,8-10,15-16,21-22,25,28-50H2,1-2H3/b7-5-,13-11-,14-12-,19-17-,20-18-,24-23-,27-26-. The Morgan fingerprint density at radius 2 is 0.741 bits per heavy atom. The Morgan fingerprint density at radius 1 is 0.414 bits per heavy atom. The minimum Gasteiger partial charge on any atom is -0.462 e. The normalized spacial score (nSPS) is 12.9. The fourth-order valence-electron chi connectivity index (χ4n) is 6.55. The highest BCUT2D eigenvalue weighted by Gasteiger charge is 2.16. The molecule has 0 aromatic heterocycles. The maximum atomic E-state index is 12.3. The van der Waals surface area contributed by atoms with Gasteiger partial charge in [0.05, 0.1) is 6.61 Å². The third-order valence-electron chi connectivity index (χ3n) is 10.2. The van der Waals surface area contributed by atoms with E-state index in [0.717, 1.165) is 77.0 Å². The number of aliphatic hydroxyl groups is 1. The molecule has 0 aliphatic rings. The molecule has 332 valence electrons. The van der Waals surface area contributed by atoms with Crippen LogP contribution in [0, 0.1) is 0 Å². The Morgan fingerprint density at radius 3 is 1.12 bits per heavy atom. The molecule has 0 bridgehead atoms. The highest BCUT2D eigenvalue weighted by Crippen LogP contribution is 2.14. The lowest BCUT2D eigenvalue weighted by Crippen LogP contribution is -2.28. The van der Waals surface area contributed by atoms with E-state index in [9.17, 15) is 14.7 Å². The van der Waals surface area contributed by atoms with Crippen molar-refractivity contribution in [1.82, 2.24) is 0 Å². The molecule has 5 heteroatoms. The molecule has 0 aliphatic heterocycles. The van der Waals surface area contributed by atoms with Gasteiger partial charge < -0.3 is 14.6 Å². The molecule has 0 fully saturated rings. The zero-order chi connectivity index (χ0) is 42.1. The van der Waals surface area contributed by atoms with E-state index in [-0.39, 0.29) is 25.2 Å². The highest BCUT2D eigenvalue weighted by molar-refractivity contribution is 5.70. The summed E-state index contributed by atoms with van der Waals surface area (Å²) in [6.45, 7) is 4.00. The zero-order valence-corrected chi connectivity index (χ0v) is 37.8. The quantitative estimate of drug-likeness (QED) is 0.0377. The lowest BCUT2D eigenvalue weighted by atomic mass is 10.1. The van der Waals surface area contributed by atoms with E-state index < -0.39 is 6.10 Å². The smallest absolute Gasteiger partial charge is 0.306 e. The number of hydrogen-bond donors (Lipinski definition) is 1. The van der Waals surface area contributed by atoms with Crippen molar-refractivity contribution in [2.75, 3.05) is 13.2 Å². The van der Waals surface area contributed by atoms with Crippen LogP contribution in [-0.4, -0.2) is 36.4 Å². The largest absolute Gasteiger partial charge is 0.462 e. The van der Waals surface area contributed by atoms with Crippen LogP contribution in [-0.2, 0) is 19.1 Å². The number of carbonyl (C=O) groups is 2. The summed E-state index contributed by atoms with van der Waals surface area (Å²) >= 11 is 0. The van der Waals surface area contributed by atoms with Gasteiger partial charge in [-0.15, -0.1) is 0 Å². The Labute approximate surface area is 358 Å². The van der Waals surface area contributed by atoms with Gasteiger partial charge in [0.2, 0.25) is 0 Å². The first-order valence-corrected chi connectivity index (χ1v) is 24.1. The van der Waals surface area contributed by atoms with Gasteiger partial charge in [-0.3, -0.25) is 9.59 Å². The molecule has 58 heavy (non-hydrogen) atoms. The summed E-state index contributed by atoms with van der Waals surface area (Å²) in [6, 6.07) is 0. The molecule has 0 aromatic rings. The van der Waals surface area contributed by atoms with Gasteiger partial charge in [0, 0.05) is 12.8 Å². The lowest BCUT2D eigenvalue weighted by molar-refractivity contribution is -0.161. The van der Waals surface area contributed by atoms with Gasteiger partial charge in [-0.2, -0.15) is 0 Å². The van der Waals surface area contributed by atoms with Crippen LogP contribution in [0.3, 0.4) is 0 Å². The number of esters is 2. The monoisotopic (exact) mass is 807 g/mol. The second kappa shape index (κ2) is 48.4. The van der Waals surface area contributed by atoms with Crippen LogP contribution in [0.4, 0.5) is 0 Å². The van der Waals surface area contributed by atoms with E-state index in [1.54, 1.807) is 0 Å². The van der Waals surface area contributed by atoms with Crippen LogP contribution in [0.5, 0.6) is 0 Å². The first-order chi connectivity index (χ1) is 28.6. The van der Waals surface area contributed by atoms with Crippen molar-refractivity contribution >= 4 is 11.9 Å². The summed E-state index contributed by atoms with van der Waals surface area (Å²) in [5, 5.41) is 9.62. The molecule has 0 aliphatic carbocycles. The number of unbranched alkanes of at least 4 members (excludes halogenated alkanes) is 21. The van der Waals surface area contributed by atoms with Gasteiger partial charge in [0.1, 0.15) is 6.61 Å². The Kier molecular flexibility index (Phi) is 46.0. The predicted molar refractivity (Wildman–Crippen MR) is 251 cm³/mol. The molecular weight excluding hydrogens is 717 g/mol. The van der Waals surface area contributed by atoms with E-state index in [2.05, 4.69) is 98.9 Å². The Bertz CT molecular complexity index is 1090. The van der Waals surface area contributed by atoms with Crippen LogP contribution >= 0.6 is 0 Å². The third-order valence-corrected chi connectivity index (χ3v) is 10.2. The Balaban J connectivity index is 3.56. The number of aliphatic hydroxyl groups excluding tert-OH is 1. The van der Waals surface area contributed by atoms with Gasteiger partial charge in [-0.25, -0.2) is 0 Å². The van der Waals surface area contributed by atoms with Gasteiger partial charge in [-0.05, 0) is 89.9 Å². The molecule has 0 saturated carbocycles. The summed E-state index contributed by atoms with van der Waals surface area (Å²) in [5.41, 5.74) is 0. The van der Waals surface area contributed by atoms with Crippen molar-refractivity contribution in [3.05, 3.63) is 85.1 Å². The Hall–Kier alpha value is -2.92. The maximum Gasteiger partial charge on any atom is 0.306 e. The van der Waals surface area contributed by atoms with Crippen molar-refractivity contribution < 1.29 is 24.2 Å². The van der Waals surface area contributed by atoms with E-state index in [4.69, 9.17) is 9.47 Å². The molecule has 0 spiro atoms. The lowest BCUT2D eigenvalue weighted by Gasteiger charge is -2.15. The molecule has 0 heterocycles. The highest BCUT2D eigenvalue weighted by atomic mass is 16.6. The summed E-state index contributed by atoms with van der Waals surface area (Å²) in [5.74, 6) is -0.604. The van der Waals surface area contributed by atoms with Gasteiger partial charge in [0.15, 0.2) is 6.10 Å². The van der Waals surface area contributed by atoms with Crippen LogP contribution in [0.15, 0.2) is 85.1 Å². The summed E-state index contributed by atoms with van der Waals surface area (Å²) in [6.07, 6.45) is 66.6. The molecular formula is C53H90O5. The van der Waals surface area contributed by atoms with Crippen molar-refractivity contribution in [3.8, 4) is 0 Å². The van der Waals surface area contributed by atoms with E-state index >= 15 is 0 Å². The molecule has 1 atom stereocenters. The first kappa shape index (κ1) is 55.1. The summed E-state index contributed by atoms with van der Waals surface area (Å²) in [4.78, 5) is 24.4. The number of ether oxygens (including phenoxy) is 2. The predicted octanol–water partition coefficient (Wildman–Crippen LogP) is 15.9. The van der Waals surface area contributed by atoms with Gasteiger partial charge in [-0.1, -0.05) is 202 Å². The van der Waals surface area contributed by atoms with Crippen LogP contribution in [0.25, 0.3) is 0 Å². The zero-order valence-electron chi connectivity index (χ0n) is 37.8. The molecule has 0 saturated heterocycles. The van der Waals surface area contributed by atoms with E-state index in [1.807, 2.05) is 0 Å². The number of carbonyl (C=O) groups excluding carboxylic acids is 2. The molecule has 1 N–H and O–H groups in total. The third kappa shape index (κ3) is 45.8. The number of allylic oxidation sites excluding steroid dienone is 14. The van der Waals surface area contributed by atoms with Crippen molar-refractivity contribution in [2.45, 2.75) is 225 Å². The average Bonchev–Trinajstić information content (AvgIpc) is 3.23. The molecule has 0 amide bonds. The molecule has 0 rings (SSSR count). The number of rotatable bonds is 43. The molecule has 0 radical (unpaired) electrons. The summed E-state index contributed by atoms with van der Waals surface area (Å²) in [7, 11) is 0. The molecule has 5 nitrogen and oxygen atoms in total. The minimum absolute atomic E-state index is 0.0741. The topological polar surface area (TPSA) is 72.8 Å². The van der Waals surface area contributed by atoms with Gasteiger partial charge >= 0.3 is 11.9 Å².